The third-order valence-corrected chi connectivity index (χ3v) is 2.25. The number of alkyl halides is 6. The van der Waals surface area contributed by atoms with Gasteiger partial charge in [0.1, 0.15) is 11.4 Å². The van der Waals surface area contributed by atoms with Gasteiger partial charge < -0.3 is 10.2 Å². The molecule has 0 aromatic heterocycles. The van der Waals surface area contributed by atoms with Crippen LogP contribution in [0.25, 0.3) is 0 Å². The van der Waals surface area contributed by atoms with Crippen LogP contribution in [0.5, 0.6) is 0 Å². The Hall–Kier alpha value is -1.84. The van der Waals surface area contributed by atoms with E-state index in [9.17, 15) is 35.5 Å². The van der Waals surface area contributed by atoms with Gasteiger partial charge in [-0.25, -0.2) is 9.18 Å². The van der Waals surface area contributed by atoms with Gasteiger partial charge in [0.05, 0.1) is 5.56 Å². The summed E-state index contributed by atoms with van der Waals surface area (Å²) in [5.74, 6) is -4.35. The van der Waals surface area contributed by atoms with Gasteiger partial charge in [-0.3, -0.25) is 0 Å². The summed E-state index contributed by atoms with van der Waals surface area (Å²) in [5.41, 5.74) is -6.11. The first kappa shape index (κ1) is 16.2. The molecule has 1 atom stereocenters. The normalized spacial score (nSPS) is 14.2. The fraction of sp³-hybridized carbons (Fsp3) is 0.300. The second-order valence-corrected chi connectivity index (χ2v) is 3.66. The van der Waals surface area contributed by atoms with E-state index < -0.39 is 46.9 Å². The average Bonchev–Trinajstić information content (AvgIpc) is 2.23. The van der Waals surface area contributed by atoms with Crippen molar-refractivity contribution in [3.8, 4) is 0 Å². The first-order valence-electron chi connectivity index (χ1n) is 4.74. The number of benzene rings is 1. The highest BCUT2D eigenvalue weighted by Crippen LogP contribution is 2.42. The highest BCUT2D eigenvalue weighted by atomic mass is 19.4. The number of carboxylic acids is 1. The number of carboxylic acid groups (broad SMARTS) is 1. The van der Waals surface area contributed by atoms with E-state index >= 15 is 0 Å². The maximum atomic E-state index is 13.2. The molecule has 0 saturated carbocycles. The number of hydrogen-bond acceptors (Lipinski definition) is 2. The minimum Gasteiger partial charge on any atom is -0.479 e. The fourth-order valence-corrected chi connectivity index (χ4v) is 1.44. The molecule has 0 aliphatic carbocycles. The van der Waals surface area contributed by atoms with Crippen LogP contribution in [-0.4, -0.2) is 16.2 Å². The molecule has 0 spiro atoms. The molecule has 1 aromatic carbocycles. The van der Waals surface area contributed by atoms with E-state index in [1.807, 2.05) is 0 Å². The Morgan fingerprint density at radius 2 is 1.55 bits per heavy atom. The van der Waals surface area contributed by atoms with Crippen molar-refractivity contribution in [3.05, 3.63) is 34.6 Å². The van der Waals surface area contributed by atoms with E-state index in [1.165, 1.54) is 0 Å². The summed E-state index contributed by atoms with van der Waals surface area (Å²) < 4.78 is 88.0. The summed E-state index contributed by atoms with van der Waals surface area (Å²) in [7, 11) is 0. The number of aliphatic carboxylic acids is 1. The summed E-state index contributed by atoms with van der Waals surface area (Å²) in [5, 5.41) is 17.4. The molecule has 20 heavy (non-hydrogen) atoms. The lowest BCUT2D eigenvalue weighted by Gasteiger charge is -2.18. The Morgan fingerprint density at radius 3 is 1.90 bits per heavy atom. The molecule has 0 aliphatic heterocycles. The number of halogens is 7. The van der Waals surface area contributed by atoms with Crippen LogP contribution in [0.4, 0.5) is 30.7 Å². The van der Waals surface area contributed by atoms with Crippen molar-refractivity contribution >= 4 is 5.97 Å². The van der Waals surface area contributed by atoms with Crippen molar-refractivity contribution in [1.82, 2.24) is 0 Å². The zero-order chi connectivity index (χ0) is 15.9. The van der Waals surface area contributed by atoms with Crippen molar-refractivity contribution in [2.24, 2.45) is 0 Å². The van der Waals surface area contributed by atoms with Crippen LogP contribution in [0.1, 0.15) is 22.8 Å². The maximum absolute atomic E-state index is 13.2. The third kappa shape index (κ3) is 3.18. The second kappa shape index (κ2) is 4.93. The molecule has 0 heterocycles. The molecule has 112 valence electrons. The van der Waals surface area contributed by atoms with Crippen molar-refractivity contribution in [2.75, 3.05) is 0 Å². The summed E-state index contributed by atoms with van der Waals surface area (Å²) in [4.78, 5) is 10.4. The van der Waals surface area contributed by atoms with Crippen LogP contribution in [0.3, 0.4) is 0 Å². The number of hydrogen-bond donors (Lipinski definition) is 2. The molecule has 0 radical (unpaired) electrons. The molecule has 10 heteroatoms. The Balaban J connectivity index is 3.62. The molecule has 3 nitrogen and oxygen atoms in total. The highest BCUT2D eigenvalue weighted by molar-refractivity contribution is 5.74. The standard InChI is InChI=1S/C10H5F7O3/c11-5-2-3(7(18)8(19)20)1-4(9(12,13)14)6(5)10(15,16)17/h1-2,7,18H,(H,19,20). The largest absolute Gasteiger partial charge is 0.479 e. The number of aliphatic hydroxyl groups is 1. The lowest BCUT2D eigenvalue weighted by molar-refractivity contribution is -0.164. The van der Waals surface area contributed by atoms with Gasteiger partial charge in [-0.05, 0) is 17.7 Å². The van der Waals surface area contributed by atoms with E-state index in [2.05, 4.69) is 0 Å². The molecule has 1 aromatic rings. The van der Waals surface area contributed by atoms with E-state index in [1.54, 1.807) is 0 Å². The van der Waals surface area contributed by atoms with Crippen LogP contribution >= 0.6 is 0 Å². The molecule has 1 unspecified atom stereocenters. The maximum Gasteiger partial charge on any atom is 0.419 e. The zero-order valence-corrected chi connectivity index (χ0v) is 9.18. The van der Waals surface area contributed by atoms with Crippen molar-refractivity contribution in [3.63, 3.8) is 0 Å². The lowest BCUT2D eigenvalue weighted by atomic mass is 9.99. The quantitative estimate of drug-likeness (QED) is 0.826. The van der Waals surface area contributed by atoms with E-state index in [0.717, 1.165) is 0 Å². The Morgan fingerprint density at radius 1 is 1.05 bits per heavy atom. The Labute approximate surface area is 106 Å². The topological polar surface area (TPSA) is 57.5 Å². The Bertz CT molecular complexity index is 533. The van der Waals surface area contributed by atoms with Gasteiger partial charge in [-0.2, -0.15) is 26.3 Å². The van der Waals surface area contributed by atoms with Crippen LogP contribution in [-0.2, 0) is 17.1 Å². The Kier molecular flexibility index (Phi) is 3.99. The van der Waals surface area contributed by atoms with Gasteiger partial charge in [-0.15, -0.1) is 0 Å². The molecule has 1 rings (SSSR count). The minimum atomic E-state index is -5.62. The molecule has 0 saturated heterocycles. The van der Waals surface area contributed by atoms with Gasteiger partial charge in [0, 0.05) is 0 Å². The lowest BCUT2D eigenvalue weighted by Crippen LogP contribution is -2.21. The van der Waals surface area contributed by atoms with Crippen LogP contribution in [0, 0.1) is 5.82 Å². The molecular formula is C10H5F7O3. The smallest absolute Gasteiger partial charge is 0.419 e. The van der Waals surface area contributed by atoms with Gasteiger partial charge in [-0.1, -0.05) is 0 Å². The summed E-state index contributed by atoms with van der Waals surface area (Å²) in [6, 6.07) is -0.346. The molecule has 0 amide bonds. The fourth-order valence-electron chi connectivity index (χ4n) is 1.44. The molecule has 0 fully saturated rings. The van der Waals surface area contributed by atoms with Crippen LogP contribution in [0.2, 0.25) is 0 Å². The first-order chi connectivity index (χ1) is 8.85. The van der Waals surface area contributed by atoms with Gasteiger partial charge >= 0.3 is 18.3 Å². The summed E-state index contributed by atoms with van der Waals surface area (Å²) in [6.45, 7) is 0. The molecular weight excluding hydrogens is 301 g/mol. The zero-order valence-electron chi connectivity index (χ0n) is 9.18. The number of rotatable bonds is 2. The summed E-state index contributed by atoms with van der Waals surface area (Å²) in [6.07, 6.45) is -13.8. The predicted molar refractivity (Wildman–Crippen MR) is 49.0 cm³/mol. The predicted octanol–water partition coefficient (Wildman–Crippen LogP) is 2.98. The van der Waals surface area contributed by atoms with Crippen molar-refractivity contribution < 1.29 is 45.7 Å². The monoisotopic (exact) mass is 306 g/mol. The van der Waals surface area contributed by atoms with Gasteiger partial charge in [0.15, 0.2) is 6.10 Å². The molecule has 0 bridgehead atoms. The average molecular weight is 306 g/mol. The second-order valence-electron chi connectivity index (χ2n) is 3.66. The van der Waals surface area contributed by atoms with E-state index in [0.29, 0.717) is 0 Å². The van der Waals surface area contributed by atoms with Crippen molar-refractivity contribution in [1.29, 1.82) is 0 Å². The number of carbonyl (C=O) groups is 1. The van der Waals surface area contributed by atoms with Gasteiger partial charge in [0.25, 0.3) is 0 Å². The highest BCUT2D eigenvalue weighted by Gasteiger charge is 2.46. The minimum absolute atomic E-state index is 0.100. The number of aliphatic hydroxyl groups excluding tert-OH is 1. The van der Waals surface area contributed by atoms with Crippen LogP contribution < -0.4 is 0 Å². The van der Waals surface area contributed by atoms with Crippen molar-refractivity contribution in [2.45, 2.75) is 18.5 Å². The van der Waals surface area contributed by atoms with E-state index in [-0.39, 0.29) is 12.1 Å². The molecule has 2 N–H and O–H groups in total. The third-order valence-electron chi connectivity index (χ3n) is 2.25. The van der Waals surface area contributed by atoms with Gasteiger partial charge in [0.2, 0.25) is 0 Å². The first-order valence-corrected chi connectivity index (χ1v) is 4.74. The van der Waals surface area contributed by atoms with Crippen LogP contribution in [0.15, 0.2) is 12.1 Å². The molecule has 0 aliphatic rings. The SMILES string of the molecule is O=C(O)C(O)c1cc(F)c(C(F)(F)F)c(C(F)(F)F)c1. The summed E-state index contributed by atoms with van der Waals surface area (Å²) >= 11 is 0. The van der Waals surface area contributed by atoms with E-state index in [4.69, 9.17) is 10.2 Å².